The number of pyridine rings is 1. The maximum absolute atomic E-state index is 12.4. The SMILES string of the molecule is FC(F)(F)c1ccc(-c2cc(Cl)nc(Cl)c2)cc1. The fourth-order valence-corrected chi connectivity index (χ4v) is 1.94. The molecule has 0 saturated carbocycles. The van der Waals surface area contributed by atoms with Gasteiger partial charge in [-0.2, -0.15) is 13.2 Å². The van der Waals surface area contributed by atoms with Crippen molar-refractivity contribution < 1.29 is 13.2 Å². The molecule has 0 radical (unpaired) electrons. The molecule has 0 bridgehead atoms. The predicted octanol–water partition coefficient (Wildman–Crippen LogP) is 5.07. The Morgan fingerprint density at radius 1 is 0.833 bits per heavy atom. The molecule has 0 spiro atoms. The lowest BCUT2D eigenvalue weighted by atomic mass is 10.1. The highest BCUT2D eigenvalue weighted by molar-refractivity contribution is 6.32. The number of benzene rings is 1. The second-order valence-electron chi connectivity index (χ2n) is 3.58. The van der Waals surface area contributed by atoms with Crippen LogP contribution < -0.4 is 0 Å². The zero-order chi connectivity index (χ0) is 13.3. The van der Waals surface area contributed by atoms with Crippen molar-refractivity contribution in [2.75, 3.05) is 0 Å². The Balaban J connectivity index is 2.40. The molecule has 1 aromatic heterocycles. The van der Waals surface area contributed by atoms with Crippen molar-refractivity contribution in [1.29, 1.82) is 0 Å². The summed E-state index contributed by atoms with van der Waals surface area (Å²) in [4.78, 5) is 3.77. The molecule has 0 aliphatic rings. The normalized spacial score (nSPS) is 11.6. The molecule has 0 aliphatic heterocycles. The topological polar surface area (TPSA) is 12.9 Å². The summed E-state index contributed by atoms with van der Waals surface area (Å²) in [5.74, 6) is 0. The van der Waals surface area contributed by atoms with Crippen LogP contribution in [0.2, 0.25) is 10.3 Å². The molecule has 0 amide bonds. The molecule has 0 unspecified atom stereocenters. The van der Waals surface area contributed by atoms with Crippen LogP contribution in [0.1, 0.15) is 5.56 Å². The van der Waals surface area contributed by atoms with Gasteiger partial charge in [0.15, 0.2) is 0 Å². The molecule has 18 heavy (non-hydrogen) atoms. The van der Waals surface area contributed by atoms with Gasteiger partial charge in [-0.05, 0) is 35.4 Å². The lowest BCUT2D eigenvalue weighted by Gasteiger charge is -2.08. The van der Waals surface area contributed by atoms with Crippen LogP contribution in [0.4, 0.5) is 13.2 Å². The Hall–Kier alpha value is -1.26. The Kier molecular flexibility index (Phi) is 3.50. The predicted molar refractivity (Wildman–Crippen MR) is 64.7 cm³/mol. The summed E-state index contributed by atoms with van der Waals surface area (Å²) in [6.45, 7) is 0. The van der Waals surface area contributed by atoms with Gasteiger partial charge in [-0.25, -0.2) is 4.98 Å². The zero-order valence-corrected chi connectivity index (χ0v) is 10.3. The first-order chi connectivity index (χ1) is 8.36. The summed E-state index contributed by atoms with van der Waals surface area (Å²) in [5, 5.41) is 0.384. The lowest BCUT2D eigenvalue weighted by molar-refractivity contribution is -0.137. The van der Waals surface area contributed by atoms with Crippen LogP contribution >= 0.6 is 23.2 Å². The molecular weight excluding hydrogens is 286 g/mol. The number of aromatic nitrogens is 1. The highest BCUT2D eigenvalue weighted by atomic mass is 35.5. The Morgan fingerprint density at radius 2 is 1.33 bits per heavy atom. The lowest BCUT2D eigenvalue weighted by Crippen LogP contribution is -2.03. The summed E-state index contributed by atoms with van der Waals surface area (Å²) < 4.78 is 37.2. The van der Waals surface area contributed by atoms with Crippen LogP contribution in [-0.2, 0) is 6.18 Å². The fourth-order valence-electron chi connectivity index (χ4n) is 1.48. The second-order valence-corrected chi connectivity index (χ2v) is 4.35. The van der Waals surface area contributed by atoms with Crippen molar-refractivity contribution in [2.24, 2.45) is 0 Å². The third-order valence-electron chi connectivity index (χ3n) is 2.31. The number of hydrogen-bond donors (Lipinski definition) is 0. The van der Waals surface area contributed by atoms with Gasteiger partial charge in [0, 0.05) is 0 Å². The van der Waals surface area contributed by atoms with Gasteiger partial charge in [0.25, 0.3) is 0 Å². The second kappa shape index (κ2) is 4.78. The van der Waals surface area contributed by atoms with Gasteiger partial charge in [0.05, 0.1) is 5.56 Å². The average Bonchev–Trinajstić information content (AvgIpc) is 2.27. The van der Waals surface area contributed by atoms with E-state index < -0.39 is 11.7 Å². The molecule has 6 heteroatoms. The first-order valence-corrected chi connectivity index (χ1v) is 5.62. The van der Waals surface area contributed by atoms with E-state index >= 15 is 0 Å². The van der Waals surface area contributed by atoms with E-state index in [2.05, 4.69) is 4.98 Å². The molecule has 0 fully saturated rings. The summed E-state index contributed by atoms with van der Waals surface area (Å²) in [7, 11) is 0. The Morgan fingerprint density at radius 3 is 1.78 bits per heavy atom. The van der Waals surface area contributed by atoms with E-state index in [0.29, 0.717) is 11.1 Å². The minimum absolute atomic E-state index is 0.192. The number of halogens is 5. The van der Waals surface area contributed by atoms with Crippen LogP contribution in [0.15, 0.2) is 36.4 Å². The van der Waals surface area contributed by atoms with Crippen molar-refractivity contribution in [3.63, 3.8) is 0 Å². The number of hydrogen-bond acceptors (Lipinski definition) is 1. The number of rotatable bonds is 1. The molecule has 0 aliphatic carbocycles. The molecule has 2 rings (SSSR count). The highest BCUT2D eigenvalue weighted by Crippen LogP contribution is 2.31. The largest absolute Gasteiger partial charge is 0.416 e. The zero-order valence-electron chi connectivity index (χ0n) is 8.80. The van der Waals surface area contributed by atoms with Gasteiger partial charge >= 0.3 is 6.18 Å². The van der Waals surface area contributed by atoms with Crippen LogP contribution in [0.25, 0.3) is 11.1 Å². The van der Waals surface area contributed by atoms with Crippen molar-refractivity contribution in [3.05, 3.63) is 52.3 Å². The molecule has 94 valence electrons. The van der Waals surface area contributed by atoms with Gasteiger partial charge < -0.3 is 0 Å². The first-order valence-electron chi connectivity index (χ1n) is 4.87. The first kappa shape index (κ1) is 13.2. The summed E-state index contributed by atoms with van der Waals surface area (Å²) in [6.07, 6.45) is -4.34. The van der Waals surface area contributed by atoms with Gasteiger partial charge in [-0.1, -0.05) is 35.3 Å². The minimum atomic E-state index is -4.34. The maximum Gasteiger partial charge on any atom is 0.416 e. The molecule has 2 aromatic rings. The van der Waals surface area contributed by atoms with E-state index in [0.717, 1.165) is 12.1 Å². The van der Waals surface area contributed by atoms with Gasteiger partial charge in [-0.15, -0.1) is 0 Å². The molecule has 1 nitrogen and oxygen atoms in total. The molecule has 1 aromatic carbocycles. The van der Waals surface area contributed by atoms with Gasteiger partial charge in [0.2, 0.25) is 0 Å². The molecule has 1 heterocycles. The third-order valence-corrected chi connectivity index (χ3v) is 2.70. The van der Waals surface area contributed by atoms with Crippen LogP contribution in [0.5, 0.6) is 0 Å². The van der Waals surface area contributed by atoms with Crippen molar-refractivity contribution in [1.82, 2.24) is 4.98 Å². The minimum Gasteiger partial charge on any atom is -0.224 e. The van der Waals surface area contributed by atoms with Crippen LogP contribution in [0.3, 0.4) is 0 Å². The average molecular weight is 292 g/mol. The molecule has 0 atom stereocenters. The quantitative estimate of drug-likeness (QED) is 0.668. The maximum atomic E-state index is 12.4. The monoisotopic (exact) mass is 291 g/mol. The highest BCUT2D eigenvalue weighted by Gasteiger charge is 2.29. The van der Waals surface area contributed by atoms with E-state index in [1.807, 2.05) is 0 Å². The molecular formula is C12H6Cl2F3N. The number of alkyl halides is 3. The van der Waals surface area contributed by atoms with E-state index in [1.54, 1.807) is 0 Å². The van der Waals surface area contributed by atoms with Crippen LogP contribution in [0, 0.1) is 0 Å². The van der Waals surface area contributed by atoms with E-state index in [9.17, 15) is 13.2 Å². The molecule has 0 saturated heterocycles. The van der Waals surface area contributed by atoms with Crippen molar-refractivity contribution >= 4 is 23.2 Å². The third kappa shape index (κ3) is 2.94. The smallest absolute Gasteiger partial charge is 0.224 e. The van der Waals surface area contributed by atoms with E-state index in [-0.39, 0.29) is 10.3 Å². The molecule has 0 N–H and O–H groups in total. The fraction of sp³-hybridized carbons (Fsp3) is 0.0833. The summed E-state index contributed by atoms with van der Waals surface area (Å²) in [6, 6.07) is 7.83. The van der Waals surface area contributed by atoms with Crippen LogP contribution in [-0.4, -0.2) is 4.98 Å². The van der Waals surface area contributed by atoms with Crippen molar-refractivity contribution in [3.8, 4) is 11.1 Å². The van der Waals surface area contributed by atoms with Gasteiger partial charge in [-0.3, -0.25) is 0 Å². The standard InChI is InChI=1S/C12H6Cl2F3N/c13-10-5-8(6-11(14)18-10)7-1-3-9(4-2-7)12(15,16)17/h1-6H. The van der Waals surface area contributed by atoms with E-state index in [1.165, 1.54) is 24.3 Å². The number of nitrogens with zero attached hydrogens (tertiary/aromatic N) is 1. The Bertz CT molecular complexity index is 544. The van der Waals surface area contributed by atoms with E-state index in [4.69, 9.17) is 23.2 Å². The Labute approximate surface area is 111 Å². The summed E-state index contributed by atoms with van der Waals surface area (Å²) in [5.41, 5.74) is 0.514. The van der Waals surface area contributed by atoms with Crippen molar-refractivity contribution in [2.45, 2.75) is 6.18 Å². The summed E-state index contributed by atoms with van der Waals surface area (Å²) >= 11 is 11.5. The van der Waals surface area contributed by atoms with Gasteiger partial charge in [0.1, 0.15) is 10.3 Å².